The molecule has 0 radical (unpaired) electrons. The maximum Gasteiger partial charge on any atom is 0.188 e. The molecule has 0 bridgehead atoms. The van der Waals surface area contributed by atoms with Gasteiger partial charge in [0.05, 0.1) is 0 Å². The molecule has 1 aromatic carbocycles. The number of hydrogen-bond donors (Lipinski definition) is 2. The van der Waals surface area contributed by atoms with Crippen LogP contribution in [-0.4, -0.2) is 18.5 Å². The Morgan fingerprint density at radius 3 is 2.83 bits per heavy atom. The molecule has 98 valence electrons. The van der Waals surface area contributed by atoms with E-state index in [0.29, 0.717) is 23.8 Å². The Bertz CT molecular complexity index is 437. The minimum Gasteiger partial charge on any atom is -0.370 e. The van der Waals surface area contributed by atoms with Gasteiger partial charge in [-0.2, -0.15) is 0 Å². The first-order valence-corrected chi connectivity index (χ1v) is 6.70. The van der Waals surface area contributed by atoms with E-state index in [4.69, 9.17) is 5.73 Å². The first-order valence-electron chi connectivity index (χ1n) is 6.70. The largest absolute Gasteiger partial charge is 0.370 e. The maximum atomic E-state index is 5.88. The lowest BCUT2D eigenvalue weighted by Gasteiger charge is -2.08. The molecule has 3 heteroatoms. The maximum absolute atomic E-state index is 5.88. The van der Waals surface area contributed by atoms with Crippen LogP contribution in [0.1, 0.15) is 37.3 Å². The molecule has 3 nitrogen and oxygen atoms in total. The highest BCUT2D eigenvalue weighted by molar-refractivity contribution is 5.78. The lowest BCUT2D eigenvalue weighted by Crippen LogP contribution is -2.34. The van der Waals surface area contributed by atoms with Gasteiger partial charge in [-0.25, -0.2) is 0 Å². The van der Waals surface area contributed by atoms with Crippen molar-refractivity contribution in [3.05, 3.63) is 35.4 Å². The van der Waals surface area contributed by atoms with Crippen molar-refractivity contribution in [3.63, 3.8) is 0 Å². The van der Waals surface area contributed by atoms with Crippen molar-refractivity contribution < 1.29 is 0 Å². The second kappa shape index (κ2) is 5.42. The predicted octanol–water partition coefficient (Wildman–Crippen LogP) is 2.41. The molecule has 18 heavy (non-hydrogen) atoms. The Kier molecular flexibility index (Phi) is 3.90. The van der Waals surface area contributed by atoms with Crippen LogP contribution in [0.2, 0.25) is 0 Å². The zero-order chi connectivity index (χ0) is 13.1. The molecule has 0 amide bonds. The normalized spacial score (nSPS) is 23.2. The molecule has 1 aliphatic rings. The van der Waals surface area contributed by atoms with Gasteiger partial charge in [0.25, 0.3) is 0 Å². The van der Waals surface area contributed by atoms with Gasteiger partial charge in [-0.05, 0) is 30.4 Å². The highest BCUT2D eigenvalue weighted by Crippen LogP contribution is 2.41. The number of aliphatic imine (C=N–C) groups is 1. The Morgan fingerprint density at radius 2 is 2.17 bits per heavy atom. The summed E-state index contributed by atoms with van der Waals surface area (Å²) in [6, 6.07) is 9.03. The summed E-state index contributed by atoms with van der Waals surface area (Å²) < 4.78 is 0. The molecule has 1 fully saturated rings. The highest BCUT2D eigenvalue weighted by Gasteiger charge is 2.39. The van der Waals surface area contributed by atoms with Crippen molar-refractivity contribution in [1.82, 2.24) is 5.32 Å². The van der Waals surface area contributed by atoms with E-state index in [1.807, 2.05) is 0 Å². The van der Waals surface area contributed by atoms with Crippen LogP contribution in [0.3, 0.4) is 0 Å². The second-order valence-electron chi connectivity index (χ2n) is 5.57. The lowest BCUT2D eigenvalue weighted by atomic mass is 10.0. The summed E-state index contributed by atoms with van der Waals surface area (Å²) in [6.45, 7) is 7.25. The van der Waals surface area contributed by atoms with Crippen LogP contribution in [0.25, 0.3) is 0 Å². The van der Waals surface area contributed by atoms with Crippen molar-refractivity contribution in [3.8, 4) is 0 Å². The van der Waals surface area contributed by atoms with Crippen LogP contribution in [-0.2, 0) is 0 Å². The van der Waals surface area contributed by atoms with Crippen LogP contribution < -0.4 is 11.1 Å². The number of benzene rings is 1. The molecule has 1 aliphatic carbocycles. The van der Waals surface area contributed by atoms with Crippen molar-refractivity contribution >= 4 is 5.96 Å². The van der Waals surface area contributed by atoms with Gasteiger partial charge in [0.1, 0.15) is 0 Å². The number of nitrogens with one attached hydrogen (secondary N) is 1. The fraction of sp³-hybridized carbons (Fsp3) is 0.533. The van der Waals surface area contributed by atoms with E-state index in [0.717, 1.165) is 13.0 Å². The summed E-state index contributed by atoms with van der Waals surface area (Å²) in [4.78, 5) is 4.34. The molecule has 3 N–H and O–H groups in total. The van der Waals surface area contributed by atoms with Gasteiger partial charge in [0.15, 0.2) is 5.96 Å². The zero-order valence-corrected chi connectivity index (χ0v) is 11.5. The number of rotatable bonds is 4. The molecule has 0 heterocycles. The lowest BCUT2D eigenvalue weighted by molar-refractivity contribution is 0.660. The molecule has 1 saturated carbocycles. The standard InChI is InChI=1S/C15H23N3/c1-10(2)9-17-15(16)18-14-8-13(14)12-7-5-4-6-11(12)3/h4-7,10,13-14H,8-9H2,1-3H3,(H3,16,17,18). The molecule has 1 aromatic rings. The number of nitrogens with two attached hydrogens (primary N) is 1. The highest BCUT2D eigenvalue weighted by atomic mass is 15.1. The van der Waals surface area contributed by atoms with Crippen molar-refractivity contribution in [2.45, 2.75) is 39.2 Å². The van der Waals surface area contributed by atoms with Crippen LogP contribution in [0.4, 0.5) is 0 Å². The quantitative estimate of drug-likeness (QED) is 0.632. The average Bonchev–Trinajstić information content (AvgIpc) is 3.06. The molecule has 0 aromatic heterocycles. The van der Waals surface area contributed by atoms with Crippen molar-refractivity contribution in [2.24, 2.45) is 16.6 Å². The minimum atomic E-state index is 0.460. The second-order valence-corrected chi connectivity index (χ2v) is 5.57. The summed E-state index contributed by atoms with van der Waals surface area (Å²) >= 11 is 0. The topological polar surface area (TPSA) is 50.4 Å². The summed E-state index contributed by atoms with van der Waals surface area (Å²) in [5.74, 6) is 1.74. The predicted molar refractivity (Wildman–Crippen MR) is 76.8 cm³/mol. The van der Waals surface area contributed by atoms with Crippen molar-refractivity contribution in [2.75, 3.05) is 6.54 Å². The van der Waals surface area contributed by atoms with E-state index in [9.17, 15) is 0 Å². The minimum absolute atomic E-state index is 0.460. The van der Waals surface area contributed by atoms with E-state index in [1.54, 1.807) is 0 Å². The molecule has 0 saturated heterocycles. The van der Waals surface area contributed by atoms with E-state index in [2.05, 4.69) is 55.3 Å². The fourth-order valence-electron chi connectivity index (χ4n) is 2.22. The first-order chi connectivity index (χ1) is 8.58. The number of guanidine groups is 1. The Balaban J connectivity index is 1.89. The molecular formula is C15H23N3. The summed E-state index contributed by atoms with van der Waals surface area (Å²) in [5.41, 5.74) is 8.68. The van der Waals surface area contributed by atoms with Gasteiger partial charge in [-0.15, -0.1) is 0 Å². The molecular weight excluding hydrogens is 222 g/mol. The molecule has 0 aliphatic heterocycles. The monoisotopic (exact) mass is 245 g/mol. The van der Waals surface area contributed by atoms with E-state index < -0.39 is 0 Å². The number of aryl methyl sites for hydroxylation is 1. The number of nitrogens with zero attached hydrogens (tertiary/aromatic N) is 1. The third-order valence-electron chi connectivity index (χ3n) is 3.34. The third kappa shape index (κ3) is 3.25. The summed E-state index contributed by atoms with van der Waals surface area (Å²) in [5, 5.41) is 3.31. The third-order valence-corrected chi connectivity index (χ3v) is 3.34. The molecule has 2 rings (SSSR count). The molecule has 2 atom stereocenters. The average molecular weight is 245 g/mol. The van der Waals surface area contributed by atoms with Crippen LogP contribution in [0.15, 0.2) is 29.3 Å². The van der Waals surface area contributed by atoms with Gasteiger partial charge in [0, 0.05) is 18.5 Å². The SMILES string of the molecule is Cc1ccccc1C1CC1NC(N)=NCC(C)C. The van der Waals surface area contributed by atoms with Crippen LogP contribution in [0, 0.1) is 12.8 Å². The Morgan fingerprint density at radius 1 is 1.44 bits per heavy atom. The van der Waals surface area contributed by atoms with Gasteiger partial charge in [0.2, 0.25) is 0 Å². The smallest absolute Gasteiger partial charge is 0.188 e. The number of hydrogen-bond acceptors (Lipinski definition) is 1. The zero-order valence-electron chi connectivity index (χ0n) is 11.5. The van der Waals surface area contributed by atoms with Crippen LogP contribution >= 0.6 is 0 Å². The molecule has 2 unspecified atom stereocenters. The molecule has 0 spiro atoms. The first kappa shape index (κ1) is 12.9. The summed E-state index contributed by atoms with van der Waals surface area (Å²) in [7, 11) is 0. The van der Waals surface area contributed by atoms with Gasteiger partial charge in [-0.3, -0.25) is 4.99 Å². The summed E-state index contributed by atoms with van der Waals surface area (Å²) in [6.07, 6.45) is 1.16. The van der Waals surface area contributed by atoms with Crippen LogP contribution in [0.5, 0.6) is 0 Å². The Hall–Kier alpha value is -1.51. The van der Waals surface area contributed by atoms with E-state index in [1.165, 1.54) is 11.1 Å². The van der Waals surface area contributed by atoms with Crippen molar-refractivity contribution in [1.29, 1.82) is 0 Å². The van der Waals surface area contributed by atoms with Gasteiger partial charge < -0.3 is 11.1 Å². The van der Waals surface area contributed by atoms with Gasteiger partial charge >= 0.3 is 0 Å². The van der Waals surface area contributed by atoms with E-state index in [-0.39, 0.29) is 0 Å². The fourth-order valence-corrected chi connectivity index (χ4v) is 2.22. The van der Waals surface area contributed by atoms with Gasteiger partial charge in [-0.1, -0.05) is 38.1 Å². The van der Waals surface area contributed by atoms with E-state index >= 15 is 0 Å². The Labute approximate surface area is 109 Å².